The van der Waals surface area contributed by atoms with Gasteiger partial charge in [0.1, 0.15) is 5.75 Å². The molecule has 1 fully saturated rings. The first-order chi connectivity index (χ1) is 8.34. The maximum absolute atomic E-state index is 5.88. The molecule has 0 bridgehead atoms. The second-order valence-corrected chi connectivity index (χ2v) is 5.00. The fraction of sp³-hybridized carbons (Fsp3) is 0.571. The Labute approximate surface area is 109 Å². The van der Waals surface area contributed by atoms with Crippen molar-refractivity contribution in [2.45, 2.75) is 25.7 Å². The largest absolute Gasteiger partial charge is 0.494 e. The van der Waals surface area contributed by atoms with E-state index < -0.39 is 0 Å². The van der Waals surface area contributed by atoms with E-state index in [-0.39, 0.29) is 0 Å². The van der Waals surface area contributed by atoms with Gasteiger partial charge in [-0.15, -0.1) is 0 Å². The van der Waals surface area contributed by atoms with Crippen LogP contribution in [0.3, 0.4) is 0 Å². The highest BCUT2D eigenvalue weighted by Gasteiger charge is 2.09. The van der Waals surface area contributed by atoms with Gasteiger partial charge in [-0.2, -0.15) is 0 Å². The Kier molecular flexibility index (Phi) is 5.14. The number of ether oxygens (including phenoxy) is 1. The van der Waals surface area contributed by atoms with E-state index in [1.807, 2.05) is 24.3 Å². The number of hydrogen-bond acceptors (Lipinski definition) is 2. The van der Waals surface area contributed by atoms with Gasteiger partial charge in [0.05, 0.1) is 6.61 Å². The van der Waals surface area contributed by atoms with Crippen LogP contribution in [0.2, 0.25) is 5.02 Å². The number of nitrogens with zero attached hydrogens (tertiary/aromatic N) is 1. The Morgan fingerprint density at radius 1 is 1.18 bits per heavy atom. The van der Waals surface area contributed by atoms with E-state index in [1.165, 1.54) is 38.9 Å². The molecule has 0 atom stereocenters. The van der Waals surface area contributed by atoms with E-state index >= 15 is 0 Å². The number of likely N-dealkylation sites (tertiary alicyclic amines) is 1. The van der Waals surface area contributed by atoms with Crippen molar-refractivity contribution in [1.82, 2.24) is 4.90 Å². The molecule has 2 rings (SSSR count). The summed E-state index contributed by atoms with van der Waals surface area (Å²) in [7, 11) is 0. The standard InChI is InChI=1S/C14H20ClNO/c15-13-6-5-7-14(12-13)17-11-4-3-10-16-8-1-2-9-16/h5-7,12H,1-4,8-11H2. The topological polar surface area (TPSA) is 12.5 Å². The van der Waals surface area contributed by atoms with Gasteiger partial charge in [0.25, 0.3) is 0 Å². The van der Waals surface area contributed by atoms with Crippen molar-refractivity contribution in [3.05, 3.63) is 29.3 Å². The highest BCUT2D eigenvalue weighted by atomic mass is 35.5. The molecule has 17 heavy (non-hydrogen) atoms. The molecule has 0 unspecified atom stereocenters. The van der Waals surface area contributed by atoms with Gasteiger partial charge in [0, 0.05) is 5.02 Å². The predicted octanol–water partition coefficient (Wildman–Crippen LogP) is 3.59. The zero-order valence-electron chi connectivity index (χ0n) is 10.2. The van der Waals surface area contributed by atoms with Crippen LogP contribution in [-0.4, -0.2) is 31.1 Å². The van der Waals surface area contributed by atoms with Crippen molar-refractivity contribution in [3.8, 4) is 5.75 Å². The van der Waals surface area contributed by atoms with Crippen LogP contribution in [0.25, 0.3) is 0 Å². The minimum Gasteiger partial charge on any atom is -0.494 e. The molecule has 1 aromatic carbocycles. The van der Waals surface area contributed by atoms with Crippen LogP contribution in [0.15, 0.2) is 24.3 Å². The van der Waals surface area contributed by atoms with Crippen molar-refractivity contribution in [2.24, 2.45) is 0 Å². The second-order valence-electron chi connectivity index (χ2n) is 4.56. The van der Waals surface area contributed by atoms with Crippen molar-refractivity contribution in [3.63, 3.8) is 0 Å². The van der Waals surface area contributed by atoms with E-state index in [9.17, 15) is 0 Å². The molecule has 2 nitrogen and oxygen atoms in total. The maximum Gasteiger partial charge on any atom is 0.120 e. The van der Waals surface area contributed by atoms with Crippen molar-refractivity contribution >= 4 is 11.6 Å². The first kappa shape index (κ1) is 12.7. The van der Waals surface area contributed by atoms with Gasteiger partial charge in [-0.05, 0) is 63.5 Å². The normalized spacial score (nSPS) is 16.3. The summed E-state index contributed by atoms with van der Waals surface area (Å²) >= 11 is 5.88. The fourth-order valence-electron chi connectivity index (χ4n) is 2.19. The molecule has 1 aliphatic heterocycles. The Morgan fingerprint density at radius 2 is 2.00 bits per heavy atom. The summed E-state index contributed by atoms with van der Waals surface area (Å²) in [5, 5.41) is 0.736. The summed E-state index contributed by atoms with van der Waals surface area (Å²) in [6, 6.07) is 7.60. The molecule has 1 heterocycles. The van der Waals surface area contributed by atoms with Crippen molar-refractivity contribution < 1.29 is 4.74 Å². The summed E-state index contributed by atoms with van der Waals surface area (Å²) in [5.41, 5.74) is 0. The Bertz CT molecular complexity index is 337. The summed E-state index contributed by atoms with van der Waals surface area (Å²) in [5.74, 6) is 0.874. The highest BCUT2D eigenvalue weighted by Crippen LogP contribution is 2.17. The summed E-state index contributed by atoms with van der Waals surface area (Å²) in [6.07, 6.45) is 5.08. The molecule has 0 N–H and O–H groups in total. The smallest absolute Gasteiger partial charge is 0.120 e. The third-order valence-electron chi connectivity index (χ3n) is 3.13. The Balaban J connectivity index is 1.56. The summed E-state index contributed by atoms with van der Waals surface area (Å²) in [4.78, 5) is 2.54. The van der Waals surface area contributed by atoms with Gasteiger partial charge < -0.3 is 9.64 Å². The van der Waals surface area contributed by atoms with Crippen LogP contribution < -0.4 is 4.74 Å². The molecular weight excluding hydrogens is 234 g/mol. The van der Waals surface area contributed by atoms with Crippen LogP contribution in [0.1, 0.15) is 25.7 Å². The number of unbranched alkanes of at least 4 members (excludes halogenated alkanes) is 1. The molecule has 0 spiro atoms. The zero-order chi connectivity index (χ0) is 11.9. The first-order valence-corrected chi connectivity index (χ1v) is 6.83. The van der Waals surface area contributed by atoms with Gasteiger partial charge in [-0.3, -0.25) is 0 Å². The molecule has 3 heteroatoms. The van der Waals surface area contributed by atoms with Crippen LogP contribution >= 0.6 is 11.6 Å². The van der Waals surface area contributed by atoms with E-state index in [1.54, 1.807) is 0 Å². The SMILES string of the molecule is Clc1cccc(OCCCCN2CCCC2)c1. The van der Waals surface area contributed by atoms with Crippen molar-refractivity contribution in [2.75, 3.05) is 26.2 Å². The van der Waals surface area contributed by atoms with Crippen LogP contribution in [0.5, 0.6) is 5.75 Å². The molecule has 94 valence electrons. The van der Waals surface area contributed by atoms with Gasteiger partial charge in [-0.1, -0.05) is 17.7 Å². The molecule has 0 amide bonds. The van der Waals surface area contributed by atoms with E-state index in [0.29, 0.717) is 0 Å². The monoisotopic (exact) mass is 253 g/mol. The van der Waals surface area contributed by atoms with E-state index in [4.69, 9.17) is 16.3 Å². The summed E-state index contributed by atoms with van der Waals surface area (Å²) in [6.45, 7) is 4.58. The molecule has 1 aliphatic rings. The van der Waals surface area contributed by atoms with Gasteiger partial charge >= 0.3 is 0 Å². The molecule has 0 aliphatic carbocycles. The zero-order valence-corrected chi connectivity index (χ0v) is 11.0. The van der Waals surface area contributed by atoms with Gasteiger partial charge in [0.15, 0.2) is 0 Å². The first-order valence-electron chi connectivity index (χ1n) is 6.45. The average molecular weight is 254 g/mol. The van der Waals surface area contributed by atoms with E-state index in [2.05, 4.69) is 4.90 Å². The lowest BCUT2D eigenvalue weighted by molar-refractivity contribution is 0.280. The molecule has 0 radical (unpaired) electrons. The predicted molar refractivity (Wildman–Crippen MR) is 71.9 cm³/mol. The third kappa shape index (κ3) is 4.57. The van der Waals surface area contributed by atoms with Crippen LogP contribution in [0, 0.1) is 0 Å². The van der Waals surface area contributed by atoms with Gasteiger partial charge in [-0.25, -0.2) is 0 Å². The number of rotatable bonds is 6. The lowest BCUT2D eigenvalue weighted by Crippen LogP contribution is -2.20. The highest BCUT2D eigenvalue weighted by molar-refractivity contribution is 6.30. The number of benzene rings is 1. The van der Waals surface area contributed by atoms with Crippen molar-refractivity contribution in [1.29, 1.82) is 0 Å². The second kappa shape index (κ2) is 6.87. The Hall–Kier alpha value is -0.730. The van der Waals surface area contributed by atoms with Gasteiger partial charge in [0.2, 0.25) is 0 Å². The quantitative estimate of drug-likeness (QED) is 0.719. The number of hydrogen-bond donors (Lipinski definition) is 0. The molecule has 0 aromatic heterocycles. The summed E-state index contributed by atoms with van der Waals surface area (Å²) < 4.78 is 5.65. The molecule has 0 saturated carbocycles. The Morgan fingerprint density at radius 3 is 2.76 bits per heavy atom. The van der Waals surface area contributed by atoms with E-state index in [0.717, 1.165) is 23.8 Å². The average Bonchev–Trinajstić information content (AvgIpc) is 2.82. The minimum atomic E-state index is 0.736. The van der Waals surface area contributed by atoms with Crippen LogP contribution in [-0.2, 0) is 0 Å². The molecule has 1 saturated heterocycles. The maximum atomic E-state index is 5.88. The minimum absolute atomic E-state index is 0.736. The molecular formula is C14H20ClNO. The third-order valence-corrected chi connectivity index (χ3v) is 3.37. The number of halogens is 1. The lowest BCUT2D eigenvalue weighted by atomic mass is 10.3. The lowest BCUT2D eigenvalue weighted by Gasteiger charge is -2.14. The molecule has 1 aromatic rings. The van der Waals surface area contributed by atoms with Crippen LogP contribution in [0.4, 0.5) is 0 Å². The fourth-order valence-corrected chi connectivity index (χ4v) is 2.37.